The Hall–Kier alpha value is 1.07. The van der Waals surface area contributed by atoms with Crippen molar-refractivity contribution in [3.8, 4) is 0 Å². The minimum atomic E-state index is -1.84. The quantitative estimate of drug-likeness (QED) is 0.351. The molecule has 0 bridgehead atoms. The van der Waals surface area contributed by atoms with Gasteiger partial charge in [-0.1, -0.05) is 0 Å². The van der Waals surface area contributed by atoms with Gasteiger partial charge in [-0.3, -0.25) is 0 Å². The third-order valence-corrected chi connectivity index (χ3v) is 0.954. The Morgan fingerprint density at radius 2 is 2.00 bits per heavy atom. The van der Waals surface area contributed by atoms with Crippen molar-refractivity contribution in [3.05, 3.63) is 0 Å². The monoisotopic (exact) mass is 133 g/mol. The van der Waals surface area contributed by atoms with E-state index < -0.39 is 16.5 Å². The molecule has 2 unspecified atom stereocenters. The second-order valence-electron chi connectivity index (χ2n) is 0.981. The fraction of sp³-hybridized carbons (Fsp3) is 1.00. The van der Waals surface area contributed by atoms with Crippen molar-refractivity contribution in [1.82, 2.24) is 0 Å². The molecule has 0 spiro atoms. The standard InChI is InChI=1S/C2H7NO2S.Na.H/c1-2(3)6(4)5;;/h2H,3H2,1H3,(H,4,5);;. The van der Waals surface area contributed by atoms with Gasteiger partial charge in [0.05, 0.1) is 0 Å². The summed E-state index contributed by atoms with van der Waals surface area (Å²) >= 11 is -1.84. The number of hydrogen-bond donors (Lipinski definition) is 2. The molecule has 0 saturated carbocycles. The van der Waals surface area contributed by atoms with Gasteiger partial charge in [0, 0.05) is 0 Å². The molecule has 3 nitrogen and oxygen atoms in total. The normalized spacial score (nSPS) is 17.0. The van der Waals surface area contributed by atoms with Crippen LogP contribution in [0.15, 0.2) is 0 Å². The van der Waals surface area contributed by atoms with Crippen LogP contribution < -0.4 is 5.73 Å². The molecule has 0 aromatic heterocycles. The number of rotatable bonds is 1. The van der Waals surface area contributed by atoms with E-state index in [1.54, 1.807) is 0 Å². The summed E-state index contributed by atoms with van der Waals surface area (Å²) in [5.41, 5.74) is 4.89. The van der Waals surface area contributed by atoms with E-state index in [-0.39, 0.29) is 29.6 Å². The van der Waals surface area contributed by atoms with Crippen LogP contribution in [-0.2, 0) is 11.1 Å². The van der Waals surface area contributed by atoms with E-state index >= 15 is 0 Å². The Morgan fingerprint density at radius 1 is 1.86 bits per heavy atom. The summed E-state index contributed by atoms with van der Waals surface area (Å²) in [6.07, 6.45) is 0. The van der Waals surface area contributed by atoms with Crippen LogP contribution in [-0.4, -0.2) is 43.7 Å². The molecule has 0 saturated heterocycles. The molecule has 7 heavy (non-hydrogen) atoms. The summed E-state index contributed by atoms with van der Waals surface area (Å²) in [6, 6.07) is 0. The van der Waals surface area contributed by atoms with Crippen molar-refractivity contribution in [2.75, 3.05) is 0 Å². The molecule has 40 valence electrons. The summed E-state index contributed by atoms with van der Waals surface area (Å²) in [4.78, 5) is 0. The first-order chi connectivity index (χ1) is 2.64. The third kappa shape index (κ3) is 7.07. The zero-order chi connectivity index (χ0) is 5.15. The van der Waals surface area contributed by atoms with E-state index in [1.165, 1.54) is 6.92 Å². The van der Waals surface area contributed by atoms with Gasteiger partial charge in [-0.05, 0) is 6.92 Å². The van der Waals surface area contributed by atoms with Gasteiger partial charge in [0.1, 0.15) is 5.37 Å². The molecule has 0 radical (unpaired) electrons. The first kappa shape index (κ1) is 10.9. The Balaban J connectivity index is 0. The molecule has 0 heterocycles. The van der Waals surface area contributed by atoms with Crippen LogP contribution in [0.1, 0.15) is 6.92 Å². The average molecular weight is 133 g/mol. The molecule has 5 heteroatoms. The van der Waals surface area contributed by atoms with Gasteiger partial charge in [-0.25, -0.2) is 4.21 Å². The summed E-state index contributed by atoms with van der Waals surface area (Å²) in [7, 11) is 0. The van der Waals surface area contributed by atoms with Crippen LogP contribution in [0.25, 0.3) is 0 Å². The van der Waals surface area contributed by atoms with E-state index in [2.05, 4.69) is 0 Å². The molecular formula is C2H8NNaO2S. The van der Waals surface area contributed by atoms with Crippen LogP contribution in [0.3, 0.4) is 0 Å². The Morgan fingerprint density at radius 3 is 2.00 bits per heavy atom. The van der Waals surface area contributed by atoms with Gasteiger partial charge >= 0.3 is 29.6 Å². The zero-order valence-electron chi connectivity index (χ0n) is 3.42. The predicted octanol–water partition coefficient (Wildman–Crippen LogP) is -1.14. The van der Waals surface area contributed by atoms with Crippen molar-refractivity contribution >= 4 is 40.6 Å². The van der Waals surface area contributed by atoms with E-state index in [9.17, 15) is 4.21 Å². The van der Waals surface area contributed by atoms with Gasteiger partial charge in [0.25, 0.3) is 0 Å². The molecule has 2 atom stereocenters. The van der Waals surface area contributed by atoms with Crippen molar-refractivity contribution in [2.24, 2.45) is 5.73 Å². The molecule has 0 aliphatic heterocycles. The van der Waals surface area contributed by atoms with Crippen molar-refractivity contribution < 1.29 is 8.76 Å². The molecular weight excluding hydrogens is 125 g/mol. The van der Waals surface area contributed by atoms with Crippen LogP contribution in [0, 0.1) is 0 Å². The molecule has 0 rings (SSSR count). The summed E-state index contributed by atoms with van der Waals surface area (Å²) in [6.45, 7) is 1.47. The summed E-state index contributed by atoms with van der Waals surface area (Å²) < 4.78 is 17.7. The zero-order valence-corrected chi connectivity index (χ0v) is 4.23. The third-order valence-electron chi connectivity index (χ3n) is 0.318. The Labute approximate surface area is 67.2 Å². The SMILES string of the molecule is CC(N)S(=O)O.[NaH]. The van der Waals surface area contributed by atoms with Gasteiger partial charge < -0.3 is 10.3 Å². The first-order valence-electron chi connectivity index (χ1n) is 1.50. The van der Waals surface area contributed by atoms with E-state index in [4.69, 9.17) is 10.3 Å². The fourth-order valence-electron chi connectivity index (χ4n) is 0. The Bertz CT molecular complexity index is 66.7. The number of hydrogen-bond acceptors (Lipinski definition) is 2. The first-order valence-corrected chi connectivity index (χ1v) is 2.67. The van der Waals surface area contributed by atoms with Gasteiger partial charge in [0.15, 0.2) is 11.1 Å². The topological polar surface area (TPSA) is 63.3 Å². The maximum atomic E-state index is 9.69. The predicted molar refractivity (Wildman–Crippen MR) is 31.6 cm³/mol. The molecule has 0 aromatic rings. The maximum absolute atomic E-state index is 9.69. The van der Waals surface area contributed by atoms with E-state index in [1.807, 2.05) is 0 Å². The number of nitrogens with two attached hydrogens (primary N) is 1. The summed E-state index contributed by atoms with van der Waals surface area (Å²) in [5.74, 6) is 0. The second kappa shape index (κ2) is 5.21. The van der Waals surface area contributed by atoms with Crippen molar-refractivity contribution in [2.45, 2.75) is 12.3 Å². The van der Waals surface area contributed by atoms with Gasteiger partial charge in [-0.15, -0.1) is 0 Å². The Kier molecular flexibility index (Phi) is 8.15. The molecule has 3 N–H and O–H groups in total. The van der Waals surface area contributed by atoms with Crippen molar-refractivity contribution in [3.63, 3.8) is 0 Å². The van der Waals surface area contributed by atoms with Crippen LogP contribution >= 0.6 is 0 Å². The van der Waals surface area contributed by atoms with Crippen LogP contribution in [0.5, 0.6) is 0 Å². The average Bonchev–Trinajstić information content (AvgIpc) is 1.36. The van der Waals surface area contributed by atoms with E-state index in [0.29, 0.717) is 0 Å². The summed E-state index contributed by atoms with van der Waals surface area (Å²) in [5, 5.41) is -0.620. The van der Waals surface area contributed by atoms with Crippen LogP contribution in [0.2, 0.25) is 0 Å². The van der Waals surface area contributed by atoms with Crippen LogP contribution in [0.4, 0.5) is 0 Å². The molecule has 0 aliphatic carbocycles. The fourth-order valence-corrected chi connectivity index (χ4v) is 0. The molecule has 0 fully saturated rings. The second-order valence-corrected chi connectivity index (χ2v) is 2.28. The van der Waals surface area contributed by atoms with Gasteiger partial charge in [-0.2, -0.15) is 0 Å². The molecule has 0 aliphatic rings. The van der Waals surface area contributed by atoms with Crippen molar-refractivity contribution in [1.29, 1.82) is 0 Å². The van der Waals surface area contributed by atoms with Gasteiger partial charge in [0.2, 0.25) is 0 Å². The molecule has 0 aromatic carbocycles. The molecule has 0 amide bonds. The van der Waals surface area contributed by atoms with E-state index in [0.717, 1.165) is 0 Å². The minimum absolute atomic E-state index is 0.